The van der Waals surface area contributed by atoms with Crippen LogP contribution in [0, 0.1) is 0 Å². The van der Waals surface area contributed by atoms with Crippen molar-refractivity contribution < 1.29 is 13.3 Å². The minimum Gasteiger partial charge on any atom is -0.356 e. The second-order valence-corrected chi connectivity index (χ2v) is 4.13. The number of aromatic nitrogens is 1. The lowest BCUT2D eigenvalue weighted by atomic mass is 10.1. The molecule has 1 aliphatic rings. The molecule has 1 aromatic carbocycles. The molecule has 0 radical (unpaired) electrons. The lowest BCUT2D eigenvalue weighted by Gasteiger charge is -2.38. The van der Waals surface area contributed by atoms with E-state index in [1.807, 2.05) is 24.3 Å². The lowest BCUT2D eigenvalue weighted by Crippen LogP contribution is -2.55. The zero-order valence-electron chi connectivity index (χ0n) is 8.49. The maximum Gasteiger partial charge on any atom is 0.272 e. The van der Waals surface area contributed by atoms with Crippen molar-refractivity contribution in [2.24, 2.45) is 0 Å². The van der Waals surface area contributed by atoms with Crippen molar-refractivity contribution in [3.63, 3.8) is 0 Å². The number of benzene rings is 1. The van der Waals surface area contributed by atoms with Gasteiger partial charge < -0.3 is 4.52 Å². The largest absolute Gasteiger partial charge is 0.356 e. The molecule has 0 saturated carbocycles. The summed E-state index contributed by atoms with van der Waals surface area (Å²) in [5.41, 5.74) is 1.43. The van der Waals surface area contributed by atoms with Crippen LogP contribution in [0.1, 0.15) is 5.69 Å². The number of hydrogen-bond acceptors (Lipinski definition) is 3. The van der Waals surface area contributed by atoms with Crippen molar-refractivity contribution in [1.82, 2.24) is 10.1 Å². The standard InChI is InChI=1S/C11H10F2N2O/c12-11(13)6-15(7-11)5-9-8-3-1-2-4-10(8)16-14-9/h1-4H,5-7H2. The van der Waals surface area contributed by atoms with Gasteiger partial charge in [0.2, 0.25) is 0 Å². The Balaban J connectivity index is 1.80. The van der Waals surface area contributed by atoms with Crippen molar-refractivity contribution in [2.45, 2.75) is 12.5 Å². The van der Waals surface area contributed by atoms with Crippen molar-refractivity contribution in [3.05, 3.63) is 30.0 Å². The first kappa shape index (κ1) is 9.72. The molecule has 16 heavy (non-hydrogen) atoms. The molecule has 5 heteroatoms. The van der Waals surface area contributed by atoms with Crippen LogP contribution in [0.4, 0.5) is 8.78 Å². The Morgan fingerprint density at radius 3 is 2.81 bits per heavy atom. The molecular weight excluding hydrogens is 214 g/mol. The van der Waals surface area contributed by atoms with E-state index in [4.69, 9.17) is 4.52 Å². The SMILES string of the molecule is FC1(F)CN(Cc2noc3ccccc23)C1. The Bertz CT molecular complexity index is 515. The van der Waals surface area contributed by atoms with E-state index >= 15 is 0 Å². The highest BCUT2D eigenvalue weighted by atomic mass is 19.3. The summed E-state index contributed by atoms with van der Waals surface area (Å²) in [6.45, 7) is 0.0506. The fraction of sp³-hybridized carbons (Fsp3) is 0.364. The van der Waals surface area contributed by atoms with E-state index in [0.717, 1.165) is 11.1 Å². The van der Waals surface area contributed by atoms with Crippen LogP contribution < -0.4 is 0 Å². The molecule has 0 spiro atoms. The molecule has 0 atom stereocenters. The predicted octanol–water partition coefficient (Wildman–Crippen LogP) is 2.28. The number of para-hydroxylation sites is 1. The number of rotatable bonds is 2. The predicted molar refractivity (Wildman–Crippen MR) is 54.2 cm³/mol. The lowest BCUT2D eigenvalue weighted by molar-refractivity contribution is -0.134. The summed E-state index contributed by atoms with van der Waals surface area (Å²) < 4.78 is 30.4. The highest BCUT2D eigenvalue weighted by molar-refractivity contribution is 5.79. The number of alkyl halides is 2. The molecule has 84 valence electrons. The van der Waals surface area contributed by atoms with E-state index in [9.17, 15) is 8.78 Å². The van der Waals surface area contributed by atoms with Gasteiger partial charge in [-0.25, -0.2) is 8.78 Å². The van der Waals surface area contributed by atoms with Crippen molar-refractivity contribution in [2.75, 3.05) is 13.1 Å². The summed E-state index contributed by atoms with van der Waals surface area (Å²) in [7, 11) is 0. The summed E-state index contributed by atoms with van der Waals surface area (Å²) in [6, 6.07) is 7.44. The molecule has 0 aliphatic carbocycles. The second-order valence-electron chi connectivity index (χ2n) is 4.13. The van der Waals surface area contributed by atoms with Crippen LogP contribution in [0.3, 0.4) is 0 Å². The van der Waals surface area contributed by atoms with Gasteiger partial charge in [-0.3, -0.25) is 4.90 Å². The van der Waals surface area contributed by atoms with Crippen LogP contribution >= 0.6 is 0 Å². The molecule has 1 fully saturated rings. The van der Waals surface area contributed by atoms with E-state index in [1.54, 1.807) is 4.90 Å². The number of hydrogen-bond donors (Lipinski definition) is 0. The molecule has 0 N–H and O–H groups in total. The van der Waals surface area contributed by atoms with Crippen LogP contribution in [0.15, 0.2) is 28.8 Å². The fourth-order valence-electron chi connectivity index (χ4n) is 1.98. The van der Waals surface area contributed by atoms with Crippen LogP contribution in [0.2, 0.25) is 0 Å². The first-order valence-electron chi connectivity index (χ1n) is 5.07. The average Bonchev–Trinajstić information content (AvgIpc) is 2.59. The average molecular weight is 224 g/mol. The number of fused-ring (bicyclic) bond motifs is 1. The Labute approximate surface area is 90.6 Å². The molecule has 0 bridgehead atoms. The van der Waals surface area contributed by atoms with Crippen LogP contribution in [0.5, 0.6) is 0 Å². The maximum absolute atomic E-state index is 12.6. The summed E-state index contributed by atoms with van der Waals surface area (Å²) >= 11 is 0. The number of likely N-dealkylation sites (tertiary alicyclic amines) is 1. The van der Waals surface area contributed by atoms with Crippen molar-refractivity contribution in [3.8, 4) is 0 Å². The molecular formula is C11H10F2N2O. The van der Waals surface area contributed by atoms with Crippen molar-refractivity contribution in [1.29, 1.82) is 0 Å². The van der Waals surface area contributed by atoms with Gasteiger partial charge in [0.25, 0.3) is 5.92 Å². The van der Waals surface area contributed by atoms with Gasteiger partial charge in [-0.2, -0.15) is 0 Å². The minimum atomic E-state index is -2.53. The molecule has 3 nitrogen and oxygen atoms in total. The normalized spacial score (nSPS) is 19.9. The zero-order chi connectivity index (χ0) is 11.2. The minimum absolute atomic E-state index is 0.186. The van der Waals surface area contributed by atoms with Gasteiger partial charge in [0.15, 0.2) is 5.58 Å². The summed E-state index contributed by atoms with van der Waals surface area (Å²) in [5.74, 6) is -2.53. The second kappa shape index (κ2) is 3.25. The van der Waals surface area contributed by atoms with E-state index in [0.29, 0.717) is 12.1 Å². The third-order valence-electron chi connectivity index (χ3n) is 2.74. The van der Waals surface area contributed by atoms with E-state index in [1.165, 1.54) is 0 Å². The first-order chi connectivity index (χ1) is 7.64. The monoisotopic (exact) mass is 224 g/mol. The van der Waals surface area contributed by atoms with Gasteiger partial charge in [-0.05, 0) is 12.1 Å². The smallest absolute Gasteiger partial charge is 0.272 e. The van der Waals surface area contributed by atoms with Crippen LogP contribution in [-0.2, 0) is 6.54 Å². The van der Waals surface area contributed by atoms with E-state index < -0.39 is 5.92 Å². The molecule has 1 saturated heterocycles. The maximum atomic E-state index is 12.6. The van der Waals surface area contributed by atoms with Gasteiger partial charge in [-0.15, -0.1) is 0 Å². The molecule has 3 rings (SSSR count). The summed E-state index contributed by atoms with van der Waals surface area (Å²) in [6.07, 6.45) is 0. The zero-order valence-corrected chi connectivity index (χ0v) is 8.49. The van der Waals surface area contributed by atoms with Gasteiger partial charge in [0.1, 0.15) is 5.69 Å². The Kier molecular flexibility index (Phi) is 1.97. The summed E-state index contributed by atoms with van der Waals surface area (Å²) in [4.78, 5) is 1.66. The molecule has 1 aliphatic heterocycles. The third-order valence-corrected chi connectivity index (χ3v) is 2.74. The van der Waals surface area contributed by atoms with Gasteiger partial charge in [-0.1, -0.05) is 17.3 Å². The quantitative estimate of drug-likeness (QED) is 0.783. The fourth-order valence-corrected chi connectivity index (χ4v) is 1.98. The van der Waals surface area contributed by atoms with E-state index in [-0.39, 0.29) is 13.1 Å². The number of halogens is 2. The highest BCUT2D eigenvalue weighted by Gasteiger charge is 2.43. The summed E-state index contributed by atoms with van der Waals surface area (Å²) in [5, 5.41) is 4.80. The molecule has 2 heterocycles. The third kappa shape index (κ3) is 1.57. The highest BCUT2D eigenvalue weighted by Crippen LogP contribution is 2.29. The Hall–Kier alpha value is -1.49. The van der Waals surface area contributed by atoms with E-state index in [2.05, 4.69) is 5.16 Å². The molecule has 1 aromatic heterocycles. The van der Waals surface area contributed by atoms with Crippen LogP contribution in [0.25, 0.3) is 11.0 Å². The molecule has 2 aromatic rings. The van der Waals surface area contributed by atoms with Gasteiger partial charge in [0.05, 0.1) is 13.1 Å². The van der Waals surface area contributed by atoms with Crippen LogP contribution in [-0.4, -0.2) is 29.1 Å². The Morgan fingerprint density at radius 1 is 1.31 bits per heavy atom. The first-order valence-corrected chi connectivity index (χ1v) is 5.07. The molecule has 0 amide bonds. The van der Waals surface area contributed by atoms with Gasteiger partial charge >= 0.3 is 0 Å². The van der Waals surface area contributed by atoms with Gasteiger partial charge in [0, 0.05) is 11.9 Å². The Morgan fingerprint density at radius 2 is 2.06 bits per heavy atom. The molecule has 0 unspecified atom stereocenters. The van der Waals surface area contributed by atoms with Crippen molar-refractivity contribution >= 4 is 11.0 Å². The number of nitrogens with zero attached hydrogens (tertiary/aromatic N) is 2. The topological polar surface area (TPSA) is 29.3 Å².